The van der Waals surface area contributed by atoms with Gasteiger partial charge in [-0.15, -0.1) is 0 Å². The molecular formula is C14H27N. The normalized spacial score (nSPS) is 18.7. The van der Waals surface area contributed by atoms with E-state index in [2.05, 4.69) is 25.2 Å². The Morgan fingerprint density at radius 2 is 2.13 bits per heavy atom. The Hall–Kier alpha value is -0.300. The molecule has 0 aromatic heterocycles. The molecule has 0 fully saturated rings. The largest absolute Gasteiger partial charge is 0.310 e. The van der Waals surface area contributed by atoms with Crippen molar-refractivity contribution < 1.29 is 0 Å². The molecule has 1 rings (SSSR count). The van der Waals surface area contributed by atoms with Gasteiger partial charge in [-0.05, 0) is 45.1 Å². The minimum absolute atomic E-state index is 0.685. The minimum Gasteiger partial charge on any atom is -0.310 e. The Balaban J connectivity index is 2.41. The van der Waals surface area contributed by atoms with E-state index in [0.29, 0.717) is 6.04 Å². The van der Waals surface area contributed by atoms with Crippen LogP contribution in [0.2, 0.25) is 0 Å². The van der Waals surface area contributed by atoms with Crippen molar-refractivity contribution in [2.75, 3.05) is 6.54 Å². The van der Waals surface area contributed by atoms with Crippen LogP contribution in [0.5, 0.6) is 0 Å². The second-order valence-electron chi connectivity index (χ2n) is 4.67. The highest BCUT2D eigenvalue weighted by Crippen LogP contribution is 2.22. The minimum atomic E-state index is 0.685. The van der Waals surface area contributed by atoms with Crippen molar-refractivity contribution in [3.8, 4) is 0 Å². The number of rotatable bonds is 7. The molecule has 0 spiro atoms. The molecule has 1 N–H and O–H groups in total. The third kappa shape index (κ3) is 4.83. The number of hydrogen-bond donors (Lipinski definition) is 1. The molecule has 0 saturated carbocycles. The molecule has 0 bridgehead atoms. The molecule has 88 valence electrons. The predicted molar refractivity (Wildman–Crippen MR) is 68.2 cm³/mol. The van der Waals surface area contributed by atoms with Crippen LogP contribution in [0.25, 0.3) is 0 Å². The van der Waals surface area contributed by atoms with Crippen LogP contribution in [-0.2, 0) is 0 Å². The number of hydrogen-bond acceptors (Lipinski definition) is 1. The van der Waals surface area contributed by atoms with Crippen molar-refractivity contribution >= 4 is 0 Å². The van der Waals surface area contributed by atoms with Crippen LogP contribution in [0.1, 0.15) is 65.2 Å². The highest BCUT2D eigenvalue weighted by atomic mass is 14.9. The Kier molecular flexibility index (Phi) is 6.74. The van der Waals surface area contributed by atoms with E-state index >= 15 is 0 Å². The summed E-state index contributed by atoms with van der Waals surface area (Å²) in [6.07, 6.45) is 13.2. The summed E-state index contributed by atoms with van der Waals surface area (Å²) in [5.74, 6) is 0. The maximum absolute atomic E-state index is 3.71. The Bertz CT molecular complexity index is 176. The van der Waals surface area contributed by atoms with E-state index in [-0.39, 0.29) is 0 Å². The van der Waals surface area contributed by atoms with E-state index in [4.69, 9.17) is 0 Å². The lowest BCUT2D eigenvalue weighted by Gasteiger charge is -2.24. The van der Waals surface area contributed by atoms with Crippen LogP contribution in [0.3, 0.4) is 0 Å². The van der Waals surface area contributed by atoms with Crippen LogP contribution in [0.15, 0.2) is 11.6 Å². The van der Waals surface area contributed by atoms with Crippen molar-refractivity contribution in [1.82, 2.24) is 5.32 Å². The van der Waals surface area contributed by atoms with Crippen LogP contribution in [0.4, 0.5) is 0 Å². The fourth-order valence-electron chi connectivity index (χ4n) is 2.32. The summed E-state index contributed by atoms with van der Waals surface area (Å²) in [5, 5.41) is 3.71. The van der Waals surface area contributed by atoms with Gasteiger partial charge in [-0.3, -0.25) is 0 Å². The van der Waals surface area contributed by atoms with Crippen molar-refractivity contribution in [3.05, 3.63) is 11.6 Å². The summed E-state index contributed by atoms with van der Waals surface area (Å²) in [6, 6.07) is 0.685. The summed E-state index contributed by atoms with van der Waals surface area (Å²) in [7, 11) is 0. The quantitative estimate of drug-likeness (QED) is 0.624. The maximum atomic E-state index is 3.71. The van der Waals surface area contributed by atoms with Gasteiger partial charge < -0.3 is 5.32 Å². The molecule has 0 amide bonds. The number of unbranched alkanes of at least 4 members (excludes halogenated alkanes) is 1. The van der Waals surface area contributed by atoms with E-state index < -0.39 is 0 Å². The van der Waals surface area contributed by atoms with Gasteiger partial charge in [0.15, 0.2) is 0 Å². The van der Waals surface area contributed by atoms with Crippen LogP contribution in [-0.4, -0.2) is 12.6 Å². The standard InChI is InChI=1S/C14H27N/c1-3-5-11-14(15-12-4-2)13-9-7-6-8-10-13/h9,14-15H,3-8,10-12H2,1-2H3. The predicted octanol–water partition coefficient (Wildman–Crippen LogP) is 4.05. The molecular weight excluding hydrogens is 182 g/mol. The molecule has 1 aliphatic carbocycles. The summed E-state index contributed by atoms with van der Waals surface area (Å²) in [5.41, 5.74) is 1.70. The molecule has 1 unspecified atom stereocenters. The molecule has 0 aromatic rings. The first-order valence-corrected chi connectivity index (χ1v) is 6.80. The lowest BCUT2D eigenvalue weighted by atomic mass is 9.91. The van der Waals surface area contributed by atoms with Crippen molar-refractivity contribution in [3.63, 3.8) is 0 Å². The van der Waals surface area contributed by atoms with Gasteiger partial charge in [0.05, 0.1) is 0 Å². The van der Waals surface area contributed by atoms with Gasteiger partial charge in [0.2, 0.25) is 0 Å². The summed E-state index contributed by atoms with van der Waals surface area (Å²) >= 11 is 0. The van der Waals surface area contributed by atoms with Gasteiger partial charge in [0.25, 0.3) is 0 Å². The molecule has 0 saturated heterocycles. The maximum Gasteiger partial charge on any atom is 0.0279 e. The van der Waals surface area contributed by atoms with Crippen molar-refractivity contribution in [2.45, 2.75) is 71.3 Å². The third-order valence-electron chi connectivity index (χ3n) is 3.26. The van der Waals surface area contributed by atoms with E-state index in [1.807, 2.05) is 0 Å². The molecule has 0 radical (unpaired) electrons. The smallest absolute Gasteiger partial charge is 0.0279 e. The molecule has 1 atom stereocenters. The number of allylic oxidation sites excluding steroid dienone is 1. The first kappa shape index (κ1) is 12.8. The average Bonchev–Trinajstić information content (AvgIpc) is 2.30. The molecule has 15 heavy (non-hydrogen) atoms. The summed E-state index contributed by atoms with van der Waals surface area (Å²) in [4.78, 5) is 0. The zero-order valence-corrected chi connectivity index (χ0v) is 10.5. The Labute approximate surface area is 95.3 Å². The van der Waals surface area contributed by atoms with E-state index in [9.17, 15) is 0 Å². The molecule has 1 nitrogen and oxygen atoms in total. The monoisotopic (exact) mass is 209 g/mol. The zero-order valence-electron chi connectivity index (χ0n) is 10.5. The second kappa shape index (κ2) is 7.92. The van der Waals surface area contributed by atoms with Gasteiger partial charge in [-0.2, -0.15) is 0 Å². The fourth-order valence-corrected chi connectivity index (χ4v) is 2.32. The van der Waals surface area contributed by atoms with Gasteiger partial charge >= 0.3 is 0 Å². The SMILES string of the molecule is CCCCC(NCCC)C1=CCCCC1. The molecule has 1 aliphatic rings. The molecule has 0 aromatic carbocycles. The first-order chi connectivity index (χ1) is 7.38. The van der Waals surface area contributed by atoms with Crippen LogP contribution < -0.4 is 5.32 Å². The molecule has 1 heteroatoms. The number of nitrogens with one attached hydrogen (secondary N) is 1. The van der Waals surface area contributed by atoms with Crippen LogP contribution in [0, 0.1) is 0 Å². The van der Waals surface area contributed by atoms with E-state index in [1.165, 1.54) is 57.9 Å². The highest BCUT2D eigenvalue weighted by molar-refractivity contribution is 5.13. The van der Waals surface area contributed by atoms with Gasteiger partial charge in [-0.25, -0.2) is 0 Å². The zero-order chi connectivity index (χ0) is 10.9. The summed E-state index contributed by atoms with van der Waals surface area (Å²) in [6.45, 7) is 5.71. The average molecular weight is 209 g/mol. The lowest BCUT2D eigenvalue weighted by Crippen LogP contribution is -2.32. The molecule has 0 aliphatic heterocycles. The van der Waals surface area contributed by atoms with Gasteiger partial charge in [0.1, 0.15) is 0 Å². The summed E-state index contributed by atoms with van der Waals surface area (Å²) < 4.78 is 0. The Morgan fingerprint density at radius 3 is 2.73 bits per heavy atom. The van der Waals surface area contributed by atoms with E-state index in [0.717, 1.165) is 0 Å². The topological polar surface area (TPSA) is 12.0 Å². The van der Waals surface area contributed by atoms with Gasteiger partial charge in [0, 0.05) is 6.04 Å². The fraction of sp³-hybridized carbons (Fsp3) is 0.857. The lowest BCUT2D eigenvalue weighted by molar-refractivity contribution is 0.487. The van der Waals surface area contributed by atoms with E-state index in [1.54, 1.807) is 5.57 Å². The van der Waals surface area contributed by atoms with Crippen LogP contribution >= 0.6 is 0 Å². The van der Waals surface area contributed by atoms with Crippen molar-refractivity contribution in [1.29, 1.82) is 0 Å². The van der Waals surface area contributed by atoms with Gasteiger partial charge in [-0.1, -0.05) is 38.3 Å². The first-order valence-electron chi connectivity index (χ1n) is 6.80. The second-order valence-corrected chi connectivity index (χ2v) is 4.67. The molecule has 0 heterocycles. The third-order valence-corrected chi connectivity index (χ3v) is 3.26. The Morgan fingerprint density at radius 1 is 1.27 bits per heavy atom. The highest BCUT2D eigenvalue weighted by Gasteiger charge is 2.14. The van der Waals surface area contributed by atoms with Crippen molar-refractivity contribution in [2.24, 2.45) is 0 Å².